The minimum atomic E-state index is -1.91. The van der Waals surface area contributed by atoms with Crippen LogP contribution in [0.2, 0.25) is 0 Å². The molecule has 0 atom stereocenters. The first-order chi connectivity index (χ1) is 19.6. The van der Waals surface area contributed by atoms with E-state index in [4.69, 9.17) is 4.74 Å². The molecule has 3 aromatic carbocycles. The van der Waals surface area contributed by atoms with Crippen molar-refractivity contribution in [3.8, 4) is 11.5 Å². The van der Waals surface area contributed by atoms with Gasteiger partial charge in [-0.25, -0.2) is 9.59 Å². The van der Waals surface area contributed by atoms with E-state index in [2.05, 4.69) is 45.7 Å². The number of aromatic hydroxyl groups is 2. The number of carboxylic acids is 1. The molecule has 4 rings (SSSR count). The van der Waals surface area contributed by atoms with E-state index in [1.54, 1.807) is 18.2 Å². The molecule has 218 valence electrons. The number of aromatic carboxylic acids is 1. The third kappa shape index (κ3) is 5.18. The van der Waals surface area contributed by atoms with Gasteiger partial charge in [-0.15, -0.1) is 0 Å². The molecule has 1 aliphatic heterocycles. The number of carboxylic acid groups (broad SMARTS) is 1. The summed E-state index contributed by atoms with van der Waals surface area (Å²) >= 11 is 7.58. The first kappa shape index (κ1) is 31.1. The molecule has 0 saturated carbocycles. The zero-order chi connectivity index (χ0) is 30.1. The van der Waals surface area contributed by atoms with Crippen molar-refractivity contribution in [2.75, 3.05) is 0 Å². The Hall–Kier alpha value is -2.84. The average molecular weight is 688 g/mol. The monoisotopic (exact) mass is 686 g/mol. The number of cyclic esters (lactones) is 1. The predicted molar refractivity (Wildman–Crippen MR) is 166 cm³/mol. The van der Waals surface area contributed by atoms with Crippen molar-refractivity contribution < 1.29 is 29.6 Å². The van der Waals surface area contributed by atoms with Gasteiger partial charge in [-0.3, -0.25) is 0 Å². The molecule has 0 unspecified atom stereocenters. The molecule has 3 N–H and O–H groups in total. The standard InChI is InChI=1S/C33H36Br2O6/c1-5-10-18-16-24(36)27(20(12-7-3)29(18)34)33(26-22(31(38)39)14-9-15-23(26)32(40)41-33)28-21(13-8-4)30(35)19(11-6-2)17-25(28)37/h9,14-17,36-37H,5-8,10-13H2,1-4H3,(H,38,39). The number of carbonyl (C=O) groups is 2. The highest BCUT2D eigenvalue weighted by atomic mass is 79.9. The molecule has 0 spiro atoms. The van der Waals surface area contributed by atoms with Crippen LogP contribution in [0.25, 0.3) is 0 Å². The van der Waals surface area contributed by atoms with E-state index in [1.165, 1.54) is 12.1 Å². The number of hydrogen-bond donors (Lipinski definition) is 3. The minimum absolute atomic E-state index is 0.0936. The summed E-state index contributed by atoms with van der Waals surface area (Å²) in [5.41, 5.74) is 1.95. The number of halogens is 2. The number of esters is 1. The number of phenolic OH excluding ortho intramolecular Hbond substituents is 2. The van der Waals surface area contributed by atoms with Crippen molar-refractivity contribution in [3.05, 3.63) is 89.3 Å². The Morgan fingerprint density at radius 1 is 0.780 bits per heavy atom. The number of rotatable bonds is 11. The van der Waals surface area contributed by atoms with E-state index >= 15 is 0 Å². The Bertz CT molecular complexity index is 1440. The van der Waals surface area contributed by atoms with Gasteiger partial charge >= 0.3 is 11.9 Å². The summed E-state index contributed by atoms with van der Waals surface area (Å²) in [6.45, 7) is 8.13. The van der Waals surface area contributed by atoms with Gasteiger partial charge in [0.25, 0.3) is 0 Å². The number of ether oxygens (including phenoxy) is 1. The van der Waals surface area contributed by atoms with Gasteiger partial charge in [0.05, 0.1) is 22.3 Å². The molecule has 41 heavy (non-hydrogen) atoms. The summed E-state index contributed by atoms with van der Waals surface area (Å²) in [7, 11) is 0. The van der Waals surface area contributed by atoms with Crippen LogP contribution in [0.1, 0.15) is 113 Å². The van der Waals surface area contributed by atoms with Crippen molar-refractivity contribution in [1.29, 1.82) is 0 Å². The fourth-order valence-corrected chi connectivity index (χ4v) is 7.60. The van der Waals surface area contributed by atoms with Gasteiger partial charge in [0.15, 0.2) is 5.60 Å². The Labute approximate surface area is 258 Å². The second-order valence-corrected chi connectivity index (χ2v) is 12.1. The molecule has 0 bridgehead atoms. The van der Waals surface area contributed by atoms with Crippen LogP contribution in [0.15, 0.2) is 39.3 Å². The highest BCUT2D eigenvalue weighted by Gasteiger charge is 2.56. The molecule has 6 nitrogen and oxygen atoms in total. The highest BCUT2D eigenvalue weighted by Crippen LogP contribution is 2.57. The van der Waals surface area contributed by atoms with Gasteiger partial charge in [-0.2, -0.15) is 0 Å². The van der Waals surface area contributed by atoms with Crippen molar-refractivity contribution >= 4 is 43.8 Å². The number of aryl methyl sites for hydroxylation is 2. The van der Waals surface area contributed by atoms with E-state index in [0.717, 1.165) is 32.9 Å². The largest absolute Gasteiger partial charge is 0.507 e. The van der Waals surface area contributed by atoms with Crippen molar-refractivity contribution in [1.82, 2.24) is 0 Å². The van der Waals surface area contributed by atoms with Crippen molar-refractivity contribution in [2.24, 2.45) is 0 Å². The summed E-state index contributed by atoms with van der Waals surface area (Å²) in [5, 5.41) is 34.1. The molecular formula is C33H36Br2O6. The van der Waals surface area contributed by atoms with Gasteiger partial charge in [0.1, 0.15) is 11.5 Å². The third-order valence-corrected chi connectivity index (χ3v) is 9.66. The lowest BCUT2D eigenvalue weighted by Gasteiger charge is -2.36. The Balaban J connectivity index is 2.31. The maximum atomic E-state index is 13.7. The minimum Gasteiger partial charge on any atom is -0.507 e. The maximum absolute atomic E-state index is 13.7. The van der Waals surface area contributed by atoms with Crippen LogP contribution in [-0.2, 0) is 36.0 Å². The lowest BCUT2D eigenvalue weighted by molar-refractivity contribution is 0.0228. The lowest BCUT2D eigenvalue weighted by atomic mass is 9.72. The van der Waals surface area contributed by atoms with Gasteiger partial charge in [-0.05, 0) is 72.2 Å². The number of carbonyl (C=O) groups excluding carboxylic acids is 1. The normalized spacial score (nSPS) is 13.8. The summed E-state index contributed by atoms with van der Waals surface area (Å²) in [4.78, 5) is 26.4. The number of benzene rings is 3. The van der Waals surface area contributed by atoms with E-state index in [9.17, 15) is 24.9 Å². The predicted octanol–water partition coefficient (Wildman–Crippen LogP) is 8.59. The van der Waals surface area contributed by atoms with Gasteiger partial charge in [-0.1, -0.05) is 91.3 Å². The smallest absolute Gasteiger partial charge is 0.340 e. The SMILES string of the molecule is CCCc1cc(O)c(C2(c3c(O)cc(CCC)c(Br)c3CCC)OC(=O)c3cccc(C(=O)O)c32)c(CCC)c1Br. The molecule has 0 amide bonds. The third-order valence-electron chi connectivity index (χ3n) is 7.69. The summed E-state index contributed by atoms with van der Waals surface area (Å²) in [6.07, 6.45) is 5.57. The van der Waals surface area contributed by atoms with E-state index < -0.39 is 17.5 Å². The molecule has 0 saturated heterocycles. The topological polar surface area (TPSA) is 104 Å². The quantitative estimate of drug-likeness (QED) is 0.175. The van der Waals surface area contributed by atoms with Crippen molar-refractivity contribution in [3.63, 3.8) is 0 Å². The molecular weight excluding hydrogens is 652 g/mol. The van der Waals surface area contributed by atoms with Crippen LogP contribution < -0.4 is 0 Å². The molecule has 1 aliphatic rings. The van der Waals surface area contributed by atoms with E-state index in [1.807, 2.05) is 13.8 Å². The van der Waals surface area contributed by atoms with Crippen LogP contribution in [0.5, 0.6) is 11.5 Å². The second kappa shape index (κ2) is 12.6. The zero-order valence-corrected chi connectivity index (χ0v) is 27.0. The van der Waals surface area contributed by atoms with Gasteiger partial charge in [0, 0.05) is 14.5 Å². The van der Waals surface area contributed by atoms with Gasteiger partial charge in [0.2, 0.25) is 0 Å². The molecule has 0 fully saturated rings. The van der Waals surface area contributed by atoms with Crippen LogP contribution >= 0.6 is 31.9 Å². The van der Waals surface area contributed by atoms with Crippen LogP contribution in [0, 0.1) is 0 Å². The molecule has 0 aromatic heterocycles. The Morgan fingerprint density at radius 2 is 1.24 bits per heavy atom. The summed E-state index contributed by atoms with van der Waals surface area (Å²) in [6, 6.07) is 7.82. The number of fused-ring (bicyclic) bond motifs is 1. The van der Waals surface area contributed by atoms with E-state index in [0.29, 0.717) is 49.7 Å². The van der Waals surface area contributed by atoms with Crippen LogP contribution in [0.4, 0.5) is 0 Å². The van der Waals surface area contributed by atoms with Crippen molar-refractivity contribution in [2.45, 2.75) is 84.7 Å². The van der Waals surface area contributed by atoms with E-state index in [-0.39, 0.29) is 39.3 Å². The van der Waals surface area contributed by atoms with Gasteiger partial charge < -0.3 is 20.1 Å². The number of phenols is 2. The fourth-order valence-electron chi connectivity index (χ4n) is 6.18. The summed E-state index contributed by atoms with van der Waals surface area (Å²) < 4.78 is 7.93. The summed E-state index contributed by atoms with van der Waals surface area (Å²) in [5.74, 6) is -2.18. The Kier molecular flexibility index (Phi) is 9.54. The average Bonchev–Trinajstić information content (AvgIpc) is 3.22. The fraction of sp³-hybridized carbons (Fsp3) is 0.394. The molecule has 8 heteroatoms. The molecule has 0 aliphatic carbocycles. The molecule has 0 radical (unpaired) electrons. The van der Waals surface area contributed by atoms with Crippen LogP contribution in [-0.4, -0.2) is 27.3 Å². The highest BCUT2D eigenvalue weighted by molar-refractivity contribution is 9.10. The molecule has 3 aromatic rings. The molecule has 1 heterocycles. The Morgan fingerprint density at radius 3 is 1.66 bits per heavy atom. The first-order valence-electron chi connectivity index (χ1n) is 14.3. The zero-order valence-electron chi connectivity index (χ0n) is 23.9. The first-order valence-corrected chi connectivity index (χ1v) is 15.8. The second-order valence-electron chi connectivity index (χ2n) is 10.5. The maximum Gasteiger partial charge on any atom is 0.340 e. The number of hydrogen-bond acceptors (Lipinski definition) is 5. The lowest BCUT2D eigenvalue weighted by Crippen LogP contribution is -2.34. The van der Waals surface area contributed by atoms with Crippen LogP contribution in [0.3, 0.4) is 0 Å².